The molecular weight excluding hydrogens is 391 g/mol. The van der Waals surface area contributed by atoms with Crippen molar-refractivity contribution in [3.05, 3.63) is 41.0 Å². The second-order valence-electron chi connectivity index (χ2n) is 6.48. The number of hydrogen-bond donors (Lipinski definition) is 0. The second kappa shape index (κ2) is 7.89. The van der Waals surface area contributed by atoms with Gasteiger partial charge in [-0.25, -0.2) is 8.42 Å². The fourth-order valence-electron chi connectivity index (χ4n) is 1.78. The van der Waals surface area contributed by atoms with Gasteiger partial charge in [0.2, 0.25) is 15.6 Å². The molecule has 1 aromatic rings. The van der Waals surface area contributed by atoms with Gasteiger partial charge in [-0.05, 0) is 39.8 Å². The molecule has 0 amide bonds. The average Bonchev–Trinajstić information content (AvgIpc) is 2.52. The number of rotatable bonds is 5. The number of alkyl halides is 5. The molecule has 1 aromatic carbocycles. The molecule has 0 atom stereocenters. The first-order valence-corrected chi connectivity index (χ1v) is 9.28. The van der Waals surface area contributed by atoms with Gasteiger partial charge in [0, 0.05) is 5.41 Å². The first kappa shape index (κ1) is 23.0. The molecule has 9 heteroatoms. The highest BCUT2D eigenvalue weighted by Crippen LogP contribution is 2.44. The lowest BCUT2D eigenvalue weighted by molar-refractivity contribution is -0.276. The fourth-order valence-corrected chi connectivity index (χ4v) is 3.15. The van der Waals surface area contributed by atoms with Crippen LogP contribution in [0, 0.1) is 17.3 Å². The van der Waals surface area contributed by atoms with Crippen LogP contribution in [0.15, 0.2) is 45.9 Å². The Morgan fingerprint density at radius 3 is 1.96 bits per heavy atom. The van der Waals surface area contributed by atoms with Crippen molar-refractivity contribution in [2.45, 2.75) is 44.7 Å². The van der Waals surface area contributed by atoms with Gasteiger partial charge in [0.1, 0.15) is 0 Å². The number of benzene rings is 1. The van der Waals surface area contributed by atoms with Crippen LogP contribution < -0.4 is 0 Å². The third-order valence-corrected chi connectivity index (χ3v) is 4.73. The predicted molar refractivity (Wildman–Crippen MR) is 90.5 cm³/mol. The van der Waals surface area contributed by atoms with E-state index >= 15 is 0 Å². The van der Waals surface area contributed by atoms with Crippen LogP contribution >= 0.6 is 0 Å². The highest BCUT2D eigenvalue weighted by atomic mass is 32.2. The van der Waals surface area contributed by atoms with Gasteiger partial charge in [0.15, 0.2) is 4.91 Å². The quantitative estimate of drug-likeness (QED) is 0.392. The van der Waals surface area contributed by atoms with Crippen LogP contribution in [0.25, 0.3) is 0 Å². The van der Waals surface area contributed by atoms with Gasteiger partial charge in [0.05, 0.1) is 11.5 Å². The Kier molecular flexibility index (Phi) is 6.71. The molecule has 0 N–H and O–H groups in total. The van der Waals surface area contributed by atoms with Crippen molar-refractivity contribution in [3.8, 4) is 11.8 Å². The zero-order valence-electron chi connectivity index (χ0n) is 15.1. The van der Waals surface area contributed by atoms with E-state index in [9.17, 15) is 30.4 Å². The van der Waals surface area contributed by atoms with Gasteiger partial charge in [-0.3, -0.25) is 0 Å². The van der Waals surface area contributed by atoms with Crippen LogP contribution in [0.4, 0.5) is 22.0 Å². The van der Waals surface area contributed by atoms with Crippen molar-refractivity contribution in [1.82, 2.24) is 0 Å². The van der Waals surface area contributed by atoms with E-state index in [-0.39, 0.29) is 0 Å². The van der Waals surface area contributed by atoms with Crippen molar-refractivity contribution in [1.29, 1.82) is 0 Å². The Hall–Kier alpha value is -2.08. The molecule has 0 bridgehead atoms. The van der Waals surface area contributed by atoms with E-state index in [1.54, 1.807) is 20.8 Å². The zero-order valence-corrected chi connectivity index (χ0v) is 15.9. The highest BCUT2D eigenvalue weighted by molar-refractivity contribution is 7.95. The van der Waals surface area contributed by atoms with E-state index in [1.807, 2.05) is 5.92 Å². The molecule has 0 aliphatic rings. The molecule has 0 aliphatic carbocycles. The van der Waals surface area contributed by atoms with Gasteiger partial charge in [0.25, 0.3) is 0 Å². The van der Waals surface area contributed by atoms with E-state index < -0.39 is 49.5 Å². The molecule has 3 nitrogen and oxygen atoms in total. The van der Waals surface area contributed by atoms with Crippen molar-refractivity contribution >= 4 is 9.84 Å². The third-order valence-electron chi connectivity index (χ3n) is 3.01. The van der Waals surface area contributed by atoms with Gasteiger partial charge in [-0.1, -0.05) is 30.0 Å². The summed E-state index contributed by atoms with van der Waals surface area (Å²) in [6.07, 6.45) is -6.06. The number of hydrogen-bond acceptors (Lipinski definition) is 3. The number of sulfone groups is 1. The minimum absolute atomic E-state index is 0.474. The third kappa shape index (κ3) is 5.45. The van der Waals surface area contributed by atoms with Crippen LogP contribution in [0.1, 0.15) is 27.7 Å². The van der Waals surface area contributed by atoms with Crippen LogP contribution in [-0.2, 0) is 14.6 Å². The summed E-state index contributed by atoms with van der Waals surface area (Å²) >= 11 is 0. The lowest BCUT2D eigenvalue weighted by Gasteiger charge is -2.24. The van der Waals surface area contributed by atoms with E-state index in [1.165, 1.54) is 18.2 Å². The zero-order chi connectivity index (χ0) is 21.1. The summed E-state index contributed by atoms with van der Waals surface area (Å²) < 4.78 is 97.0. The molecule has 0 radical (unpaired) electrons. The van der Waals surface area contributed by atoms with Crippen LogP contribution in [0.2, 0.25) is 0 Å². The second-order valence-corrected chi connectivity index (χ2v) is 8.37. The van der Waals surface area contributed by atoms with E-state index in [0.29, 0.717) is 0 Å². The standard InChI is InChI=1S/C18H19F5O3S/c1-5-26-15(17(19,20)18(21,22)23)14(11-12-16(2,3)4)27(24,25)13-9-7-6-8-10-13/h6-10H,5H2,1-4H3/b15-14-. The largest absolute Gasteiger partial charge is 0.490 e. The molecular formula is C18H19F5O3S. The molecule has 0 fully saturated rings. The van der Waals surface area contributed by atoms with Crippen LogP contribution in [-0.4, -0.2) is 27.1 Å². The van der Waals surface area contributed by atoms with Crippen molar-refractivity contribution in [3.63, 3.8) is 0 Å². The van der Waals surface area contributed by atoms with Gasteiger partial charge in [-0.2, -0.15) is 22.0 Å². The Morgan fingerprint density at radius 1 is 1.04 bits per heavy atom. The van der Waals surface area contributed by atoms with Crippen molar-refractivity contribution in [2.75, 3.05) is 6.61 Å². The number of halogens is 5. The Morgan fingerprint density at radius 2 is 1.56 bits per heavy atom. The molecule has 0 aromatic heterocycles. The molecule has 0 aliphatic heterocycles. The number of allylic oxidation sites excluding steroid dienone is 2. The molecule has 0 unspecified atom stereocenters. The fraction of sp³-hybridized carbons (Fsp3) is 0.444. The van der Waals surface area contributed by atoms with Crippen LogP contribution in [0.5, 0.6) is 0 Å². The topological polar surface area (TPSA) is 43.4 Å². The normalized spacial score (nSPS) is 14.1. The summed E-state index contributed by atoms with van der Waals surface area (Å²) in [5.74, 6) is -3.17. The van der Waals surface area contributed by atoms with E-state index in [4.69, 9.17) is 0 Å². The average molecular weight is 410 g/mol. The maximum absolute atomic E-state index is 14.1. The summed E-state index contributed by atoms with van der Waals surface area (Å²) in [6, 6.07) is 6.23. The molecule has 0 saturated heterocycles. The maximum Gasteiger partial charge on any atom is 0.461 e. The SMILES string of the molecule is CCO/C(=C(/C#CC(C)(C)C)S(=O)(=O)c1ccccc1)C(F)(F)C(F)(F)F. The lowest BCUT2D eigenvalue weighted by Crippen LogP contribution is -2.40. The minimum atomic E-state index is -6.06. The van der Waals surface area contributed by atoms with E-state index in [0.717, 1.165) is 19.1 Å². The smallest absolute Gasteiger partial charge is 0.461 e. The molecule has 1 rings (SSSR count). The summed E-state index contributed by atoms with van der Waals surface area (Å²) in [6.45, 7) is 5.21. The first-order chi connectivity index (χ1) is 12.1. The van der Waals surface area contributed by atoms with E-state index in [2.05, 4.69) is 10.7 Å². The summed E-state index contributed by atoms with van der Waals surface area (Å²) in [5.41, 5.74) is -0.859. The maximum atomic E-state index is 14.1. The van der Waals surface area contributed by atoms with Crippen molar-refractivity contribution < 1.29 is 35.1 Å². The Labute approximate surface area is 155 Å². The Balaban J connectivity index is 3.94. The number of ether oxygens (including phenoxy) is 1. The molecule has 0 spiro atoms. The monoisotopic (exact) mass is 410 g/mol. The molecule has 0 saturated carbocycles. The van der Waals surface area contributed by atoms with Crippen LogP contribution in [0.3, 0.4) is 0 Å². The predicted octanol–water partition coefficient (Wildman–Crippen LogP) is 4.96. The van der Waals surface area contributed by atoms with Crippen molar-refractivity contribution in [2.24, 2.45) is 5.41 Å². The highest BCUT2D eigenvalue weighted by Gasteiger charge is 2.63. The van der Waals surface area contributed by atoms with Gasteiger partial charge in [-0.15, -0.1) is 0 Å². The molecule has 27 heavy (non-hydrogen) atoms. The van der Waals surface area contributed by atoms with Gasteiger partial charge >= 0.3 is 12.1 Å². The summed E-state index contributed by atoms with van der Waals surface area (Å²) in [7, 11) is -4.79. The summed E-state index contributed by atoms with van der Waals surface area (Å²) in [4.78, 5) is -1.88. The Bertz CT molecular complexity index is 852. The first-order valence-electron chi connectivity index (χ1n) is 7.80. The minimum Gasteiger partial charge on any atom is -0.490 e. The lowest BCUT2D eigenvalue weighted by atomic mass is 9.98. The molecule has 0 heterocycles. The van der Waals surface area contributed by atoms with Gasteiger partial charge < -0.3 is 4.74 Å². The summed E-state index contributed by atoms with van der Waals surface area (Å²) in [5, 5.41) is 0. The molecule has 150 valence electrons.